The van der Waals surface area contributed by atoms with Crippen LogP contribution in [0.25, 0.3) is 0 Å². The molecule has 12 heavy (non-hydrogen) atoms. The number of hydrogen-bond donors (Lipinski definition) is 1. The molecular formula is C7H12N2O2S. The van der Waals surface area contributed by atoms with Crippen LogP contribution in [0.2, 0.25) is 0 Å². The first-order chi connectivity index (χ1) is 5.61. The maximum Gasteiger partial charge on any atom is 0.317 e. The summed E-state index contributed by atoms with van der Waals surface area (Å²) < 4.78 is 0. The Bertz CT molecular complexity index is 206. The zero-order valence-corrected chi connectivity index (χ0v) is 7.98. The zero-order chi connectivity index (χ0) is 9.14. The lowest BCUT2D eigenvalue weighted by Crippen LogP contribution is -2.42. The Morgan fingerprint density at radius 1 is 1.67 bits per heavy atom. The molecule has 0 aromatic rings. The maximum absolute atomic E-state index is 11.1. The van der Waals surface area contributed by atoms with Crippen LogP contribution in [-0.2, 0) is 4.79 Å². The minimum absolute atomic E-state index is 0.0743. The van der Waals surface area contributed by atoms with E-state index in [4.69, 9.17) is 0 Å². The molecule has 68 valence electrons. The summed E-state index contributed by atoms with van der Waals surface area (Å²) in [6.07, 6.45) is 0.753. The Kier molecular flexibility index (Phi) is 2.97. The fourth-order valence-corrected chi connectivity index (χ4v) is 1.84. The largest absolute Gasteiger partial charge is 0.331 e. The Labute approximate surface area is 75.7 Å². The van der Waals surface area contributed by atoms with Gasteiger partial charge in [0.1, 0.15) is 6.04 Å². The minimum Gasteiger partial charge on any atom is -0.331 e. The molecule has 4 nitrogen and oxygen atoms in total. The summed E-state index contributed by atoms with van der Waals surface area (Å²) in [7, 11) is 3.31. The van der Waals surface area contributed by atoms with E-state index in [2.05, 4.69) is 5.32 Å². The first kappa shape index (κ1) is 9.38. The molecule has 1 unspecified atom stereocenters. The Morgan fingerprint density at radius 3 is 2.75 bits per heavy atom. The van der Waals surface area contributed by atoms with Crippen LogP contribution in [0.4, 0.5) is 4.79 Å². The van der Waals surface area contributed by atoms with E-state index in [9.17, 15) is 9.59 Å². The van der Waals surface area contributed by atoms with Gasteiger partial charge in [-0.05, 0) is 6.42 Å². The second-order valence-corrected chi connectivity index (χ2v) is 3.95. The maximum atomic E-state index is 11.1. The summed E-state index contributed by atoms with van der Waals surface area (Å²) in [5.41, 5.74) is 0. The zero-order valence-electron chi connectivity index (χ0n) is 7.16. The molecule has 5 heteroatoms. The van der Waals surface area contributed by atoms with Gasteiger partial charge in [0.05, 0.1) is 0 Å². The van der Waals surface area contributed by atoms with Gasteiger partial charge in [-0.3, -0.25) is 4.79 Å². The van der Waals surface area contributed by atoms with Crippen molar-refractivity contribution < 1.29 is 9.59 Å². The van der Waals surface area contributed by atoms with Crippen LogP contribution in [0.3, 0.4) is 0 Å². The van der Waals surface area contributed by atoms with Crippen molar-refractivity contribution in [3.8, 4) is 0 Å². The molecule has 0 radical (unpaired) electrons. The number of carbonyl (C=O) groups is 2. The predicted octanol–water partition coefficient (Wildman–Crippen LogP) is 0.290. The number of hydrogen-bond acceptors (Lipinski definition) is 3. The van der Waals surface area contributed by atoms with Crippen LogP contribution in [0.1, 0.15) is 6.42 Å². The van der Waals surface area contributed by atoms with E-state index in [1.165, 1.54) is 16.7 Å². The molecule has 1 aliphatic rings. The Morgan fingerprint density at radius 2 is 2.33 bits per heavy atom. The molecule has 1 heterocycles. The lowest BCUT2D eigenvalue weighted by atomic mass is 10.2. The summed E-state index contributed by atoms with van der Waals surface area (Å²) in [5.74, 6) is 0.817. The summed E-state index contributed by atoms with van der Waals surface area (Å²) in [4.78, 5) is 23.6. The number of nitrogens with zero attached hydrogens (tertiary/aromatic N) is 1. The summed E-state index contributed by atoms with van der Waals surface area (Å²) >= 11 is 1.29. The van der Waals surface area contributed by atoms with E-state index in [1.54, 1.807) is 14.1 Å². The van der Waals surface area contributed by atoms with Gasteiger partial charge in [0.2, 0.25) is 5.12 Å². The number of nitrogens with one attached hydrogen (secondary N) is 1. The number of thioether (sulfide) groups is 1. The molecule has 0 spiro atoms. The van der Waals surface area contributed by atoms with Gasteiger partial charge >= 0.3 is 6.03 Å². The second kappa shape index (κ2) is 3.80. The first-order valence-electron chi connectivity index (χ1n) is 3.75. The van der Waals surface area contributed by atoms with Crippen molar-refractivity contribution in [3.63, 3.8) is 0 Å². The van der Waals surface area contributed by atoms with Crippen molar-refractivity contribution in [3.05, 3.63) is 0 Å². The molecule has 1 atom stereocenters. The third kappa shape index (κ3) is 2.14. The van der Waals surface area contributed by atoms with Gasteiger partial charge in [-0.15, -0.1) is 0 Å². The smallest absolute Gasteiger partial charge is 0.317 e. The predicted molar refractivity (Wildman–Crippen MR) is 48.1 cm³/mol. The second-order valence-electron chi connectivity index (χ2n) is 2.85. The first-order valence-corrected chi connectivity index (χ1v) is 4.74. The Hall–Kier alpha value is -0.710. The number of rotatable bonds is 1. The van der Waals surface area contributed by atoms with Crippen LogP contribution in [-0.4, -0.2) is 41.9 Å². The lowest BCUT2D eigenvalue weighted by Gasteiger charge is -2.15. The van der Waals surface area contributed by atoms with E-state index in [1.807, 2.05) is 0 Å². The van der Waals surface area contributed by atoms with Gasteiger partial charge < -0.3 is 10.2 Å². The molecule has 1 rings (SSSR count). The highest BCUT2D eigenvalue weighted by Crippen LogP contribution is 2.19. The van der Waals surface area contributed by atoms with E-state index in [-0.39, 0.29) is 17.2 Å². The lowest BCUT2D eigenvalue weighted by molar-refractivity contribution is -0.112. The van der Waals surface area contributed by atoms with Crippen molar-refractivity contribution in [2.75, 3.05) is 19.8 Å². The summed E-state index contributed by atoms with van der Waals surface area (Å²) in [6, 6.07) is -0.472. The molecule has 1 aliphatic heterocycles. The van der Waals surface area contributed by atoms with Gasteiger partial charge in [0, 0.05) is 19.8 Å². The standard InChI is InChI=1S/C7H12N2O2S/c1-9(2)7(11)8-5-3-4-12-6(5)10/h5H,3-4H2,1-2H3,(H,8,11). The highest BCUT2D eigenvalue weighted by Gasteiger charge is 2.26. The van der Waals surface area contributed by atoms with E-state index >= 15 is 0 Å². The molecule has 1 saturated heterocycles. The van der Waals surface area contributed by atoms with Gasteiger partial charge in [-0.25, -0.2) is 4.79 Å². The normalized spacial score (nSPS) is 22.5. The monoisotopic (exact) mass is 188 g/mol. The van der Waals surface area contributed by atoms with Crippen LogP contribution >= 0.6 is 11.8 Å². The van der Waals surface area contributed by atoms with E-state index in [0.29, 0.717) is 0 Å². The fourth-order valence-electron chi connectivity index (χ4n) is 0.905. The minimum atomic E-state index is -0.273. The number of urea groups is 1. The van der Waals surface area contributed by atoms with E-state index in [0.717, 1.165) is 12.2 Å². The average molecular weight is 188 g/mol. The highest BCUT2D eigenvalue weighted by atomic mass is 32.2. The van der Waals surface area contributed by atoms with Crippen molar-refractivity contribution in [2.45, 2.75) is 12.5 Å². The van der Waals surface area contributed by atoms with E-state index < -0.39 is 0 Å². The van der Waals surface area contributed by atoms with Crippen molar-refractivity contribution in [1.29, 1.82) is 0 Å². The van der Waals surface area contributed by atoms with Crippen LogP contribution in [0, 0.1) is 0 Å². The third-order valence-corrected chi connectivity index (χ3v) is 2.65. The van der Waals surface area contributed by atoms with Crippen LogP contribution < -0.4 is 5.32 Å². The molecule has 0 saturated carbocycles. The summed E-state index contributed by atoms with van der Waals surface area (Å²) in [5, 5.41) is 2.72. The van der Waals surface area contributed by atoms with Gasteiger partial charge in [-0.2, -0.15) is 0 Å². The SMILES string of the molecule is CN(C)C(=O)NC1CCSC1=O. The molecule has 2 amide bonds. The number of amides is 2. The molecule has 0 aliphatic carbocycles. The average Bonchev–Trinajstić information content (AvgIpc) is 2.36. The molecular weight excluding hydrogens is 176 g/mol. The van der Waals surface area contributed by atoms with Crippen LogP contribution in [0.15, 0.2) is 0 Å². The molecule has 1 N–H and O–H groups in total. The van der Waals surface area contributed by atoms with Crippen LogP contribution in [0.5, 0.6) is 0 Å². The molecule has 0 bridgehead atoms. The van der Waals surface area contributed by atoms with Crippen molar-refractivity contribution >= 4 is 22.9 Å². The quantitative estimate of drug-likeness (QED) is 0.643. The molecule has 0 aromatic heterocycles. The topological polar surface area (TPSA) is 49.4 Å². The third-order valence-electron chi connectivity index (χ3n) is 1.64. The van der Waals surface area contributed by atoms with Gasteiger partial charge in [-0.1, -0.05) is 11.8 Å². The van der Waals surface area contributed by atoms with Gasteiger partial charge in [0.25, 0.3) is 0 Å². The molecule has 1 fully saturated rings. The summed E-state index contributed by atoms with van der Waals surface area (Å²) in [6.45, 7) is 0. The Balaban J connectivity index is 2.40. The van der Waals surface area contributed by atoms with Crippen molar-refractivity contribution in [1.82, 2.24) is 10.2 Å². The number of carbonyl (C=O) groups excluding carboxylic acids is 2. The van der Waals surface area contributed by atoms with Crippen molar-refractivity contribution in [2.24, 2.45) is 0 Å². The molecule has 0 aromatic carbocycles. The fraction of sp³-hybridized carbons (Fsp3) is 0.714. The highest BCUT2D eigenvalue weighted by molar-refractivity contribution is 8.14. The van der Waals surface area contributed by atoms with Gasteiger partial charge in [0.15, 0.2) is 0 Å².